The van der Waals surface area contributed by atoms with Crippen LogP contribution in [0.4, 0.5) is 5.69 Å². The van der Waals surface area contributed by atoms with E-state index in [-0.39, 0.29) is 10.9 Å². The van der Waals surface area contributed by atoms with Gasteiger partial charge in [0.15, 0.2) is 0 Å². The number of benzene rings is 1. The molecular formula is C13H21N3O3S. The number of nitrogens with zero attached hydrogens (tertiary/aromatic N) is 2. The van der Waals surface area contributed by atoms with Gasteiger partial charge in [-0.3, -0.25) is 0 Å². The van der Waals surface area contributed by atoms with Crippen LogP contribution in [0.1, 0.15) is 6.42 Å². The van der Waals surface area contributed by atoms with Crippen molar-refractivity contribution in [3.63, 3.8) is 0 Å². The Morgan fingerprint density at radius 1 is 1.40 bits per heavy atom. The normalized spacial score (nSPS) is 23.6. The second-order valence-electron chi connectivity index (χ2n) is 5.47. The van der Waals surface area contributed by atoms with Crippen LogP contribution in [-0.2, 0) is 10.0 Å². The zero-order valence-electron chi connectivity index (χ0n) is 11.7. The summed E-state index contributed by atoms with van der Waals surface area (Å²) >= 11 is 0. The van der Waals surface area contributed by atoms with Gasteiger partial charge in [-0.15, -0.1) is 0 Å². The highest BCUT2D eigenvalue weighted by molar-refractivity contribution is 7.89. The quantitative estimate of drug-likeness (QED) is 0.806. The predicted octanol–water partition coefficient (Wildman–Crippen LogP) is -0.165. The fraction of sp³-hybridized carbons (Fsp3) is 0.538. The van der Waals surface area contributed by atoms with E-state index in [1.807, 2.05) is 23.9 Å². The minimum absolute atomic E-state index is 0.0721. The fourth-order valence-electron chi connectivity index (χ4n) is 2.72. The summed E-state index contributed by atoms with van der Waals surface area (Å²) in [7, 11) is 0.128. The second kappa shape index (κ2) is 5.69. The van der Waals surface area contributed by atoms with Gasteiger partial charge in [0.05, 0.1) is 11.8 Å². The molecule has 1 aromatic carbocycles. The molecule has 1 heterocycles. The topological polar surface area (TPSA) is 86.9 Å². The van der Waals surface area contributed by atoms with Crippen molar-refractivity contribution in [1.82, 2.24) is 4.90 Å². The number of nitrogens with two attached hydrogens (primary N) is 1. The van der Waals surface area contributed by atoms with Crippen molar-refractivity contribution in [2.75, 3.05) is 32.1 Å². The number of hydrogen-bond acceptors (Lipinski definition) is 5. The van der Waals surface area contributed by atoms with E-state index in [1.165, 1.54) is 6.07 Å². The molecule has 2 rings (SSSR count). The molecule has 1 aliphatic rings. The van der Waals surface area contributed by atoms with Gasteiger partial charge in [0, 0.05) is 19.1 Å². The molecule has 0 aromatic heterocycles. The van der Waals surface area contributed by atoms with Crippen molar-refractivity contribution in [3.05, 3.63) is 24.3 Å². The molecule has 1 aromatic rings. The lowest BCUT2D eigenvalue weighted by molar-refractivity contribution is 0.191. The molecule has 0 radical (unpaired) electrons. The van der Waals surface area contributed by atoms with Gasteiger partial charge in [-0.25, -0.2) is 13.6 Å². The molecule has 2 unspecified atom stereocenters. The zero-order chi connectivity index (χ0) is 14.9. The number of β-amino-alcohol motifs (C(OH)–C–C–N with tert-alkyl or cyclic N) is 1. The fourth-order valence-corrected chi connectivity index (χ4v) is 3.46. The number of rotatable bonds is 4. The Hall–Kier alpha value is -1.15. The Bertz CT molecular complexity index is 574. The van der Waals surface area contributed by atoms with Crippen molar-refractivity contribution >= 4 is 15.7 Å². The maximum absolute atomic E-state index is 11.7. The molecule has 0 amide bonds. The average Bonchev–Trinajstić information content (AvgIpc) is 2.68. The zero-order valence-corrected chi connectivity index (χ0v) is 12.5. The molecule has 1 fully saturated rings. The van der Waals surface area contributed by atoms with Crippen LogP contribution in [-0.4, -0.2) is 57.8 Å². The highest BCUT2D eigenvalue weighted by atomic mass is 32.2. The summed E-state index contributed by atoms with van der Waals surface area (Å²) in [4.78, 5) is 4.07. The number of sulfonamides is 1. The van der Waals surface area contributed by atoms with Gasteiger partial charge in [0.1, 0.15) is 4.90 Å². The minimum atomic E-state index is -3.78. The summed E-state index contributed by atoms with van der Waals surface area (Å²) in [6, 6.07) is 6.74. The maximum Gasteiger partial charge on any atom is 0.240 e. The Kier molecular flexibility index (Phi) is 4.33. The molecule has 3 N–H and O–H groups in total. The molecular weight excluding hydrogens is 278 g/mol. The molecule has 7 heteroatoms. The van der Waals surface area contributed by atoms with Gasteiger partial charge in [-0.1, -0.05) is 12.1 Å². The Balaban J connectivity index is 2.39. The van der Waals surface area contributed by atoms with Crippen molar-refractivity contribution in [2.45, 2.75) is 23.5 Å². The summed E-state index contributed by atoms with van der Waals surface area (Å²) in [6.07, 6.45) is 0.172. The van der Waals surface area contributed by atoms with Gasteiger partial charge < -0.3 is 14.9 Å². The number of primary sulfonamides is 1. The number of para-hydroxylation sites is 1. The van der Waals surface area contributed by atoms with Gasteiger partial charge in [-0.05, 0) is 32.6 Å². The summed E-state index contributed by atoms with van der Waals surface area (Å²) in [6.45, 7) is 1.17. The highest BCUT2D eigenvalue weighted by Gasteiger charge is 2.33. The van der Waals surface area contributed by atoms with Gasteiger partial charge in [0.25, 0.3) is 0 Å². The van der Waals surface area contributed by atoms with Crippen LogP contribution in [0.2, 0.25) is 0 Å². The lowest BCUT2D eigenvalue weighted by Crippen LogP contribution is -2.38. The van der Waals surface area contributed by atoms with E-state index in [0.717, 1.165) is 6.54 Å². The summed E-state index contributed by atoms with van der Waals surface area (Å²) in [5.74, 6) is 0. The number of anilines is 1. The van der Waals surface area contributed by atoms with Crippen molar-refractivity contribution in [1.29, 1.82) is 0 Å². The minimum Gasteiger partial charge on any atom is -0.391 e. The molecule has 1 aliphatic heterocycles. The summed E-state index contributed by atoms with van der Waals surface area (Å²) in [5, 5.41) is 15.2. The third-order valence-corrected chi connectivity index (χ3v) is 4.41. The van der Waals surface area contributed by atoms with Gasteiger partial charge in [0.2, 0.25) is 10.0 Å². The van der Waals surface area contributed by atoms with Crippen molar-refractivity contribution < 1.29 is 13.5 Å². The van der Waals surface area contributed by atoms with Crippen LogP contribution in [0, 0.1) is 0 Å². The van der Waals surface area contributed by atoms with E-state index in [1.54, 1.807) is 18.2 Å². The van der Waals surface area contributed by atoms with Crippen LogP contribution in [0.15, 0.2) is 29.2 Å². The van der Waals surface area contributed by atoms with E-state index in [9.17, 15) is 13.5 Å². The molecule has 112 valence electrons. The molecule has 2 atom stereocenters. The first kappa shape index (κ1) is 15.2. The lowest BCUT2D eigenvalue weighted by Gasteiger charge is -2.29. The first-order valence-electron chi connectivity index (χ1n) is 6.50. The average molecular weight is 299 g/mol. The third-order valence-electron chi connectivity index (χ3n) is 3.45. The molecule has 0 saturated carbocycles. The first-order chi connectivity index (χ1) is 9.29. The lowest BCUT2D eigenvalue weighted by atomic mass is 10.2. The molecule has 0 bridgehead atoms. The Morgan fingerprint density at radius 2 is 2.05 bits per heavy atom. The Morgan fingerprint density at radius 3 is 2.65 bits per heavy atom. The molecule has 0 spiro atoms. The van der Waals surface area contributed by atoms with E-state index < -0.39 is 16.1 Å². The largest absolute Gasteiger partial charge is 0.391 e. The van der Waals surface area contributed by atoms with Gasteiger partial charge in [-0.2, -0.15) is 0 Å². The van der Waals surface area contributed by atoms with Crippen LogP contribution >= 0.6 is 0 Å². The SMILES string of the molecule is CN(C)CC1CC(O)CN1c1ccccc1S(N)(=O)=O. The monoisotopic (exact) mass is 299 g/mol. The van der Waals surface area contributed by atoms with E-state index >= 15 is 0 Å². The number of hydrogen-bond donors (Lipinski definition) is 2. The molecule has 20 heavy (non-hydrogen) atoms. The number of aliphatic hydroxyl groups is 1. The van der Waals surface area contributed by atoms with Crippen LogP contribution in [0.25, 0.3) is 0 Å². The van der Waals surface area contributed by atoms with Crippen molar-refractivity contribution in [2.24, 2.45) is 5.14 Å². The smallest absolute Gasteiger partial charge is 0.240 e. The predicted molar refractivity (Wildman–Crippen MR) is 78.1 cm³/mol. The number of likely N-dealkylation sites (N-methyl/N-ethyl adjacent to an activating group) is 1. The van der Waals surface area contributed by atoms with Crippen LogP contribution in [0.5, 0.6) is 0 Å². The number of aliphatic hydroxyl groups excluding tert-OH is 1. The summed E-state index contributed by atoms with van der Waals surface area (Å²) in [5.41, 5.74) is 0.568. The van der Waals surface area contributed by atoms with Crippen LogP contribution in [0.3, 0.4) is 0 Å². The molecule has 0 aliphatic carbocycles. The van der Waals surface area contributed by atoms with E-state index in [2.05, 4.69) is 0 Å². The second-order valence-corrected chi connectivity index (χ2v) is 7.00. The third kappa shape index (κ3) is 3.29. The molecule has 1 saturated heterocycles. The standard InChI is InChI=1S/C13H21N3O3S/c1-15(2)8-10-7-11(17)9-16(10)12-5-3-4-6-13(12)20(14,18)19/h3-6,10-11,17H,7-9H2,1-2H3,(H2,14,18,19). The Labute approximate surface area is 119 Å². The maximum atomic E-state index is 11.7. The van der Waals surface area contributed by atoms with E-state index in [0.29, 0.717) is 18.7 Å². The van der Waals surface area contributed by atoms with Crippen LogP contribution < -0.4 is 10.0 Å². The van der Waals surface area contributed by atoms with E-state index in [4.69, 9.17) is 5.14 Å². The van der Waals surface area contributed by atoms with Gasteiger partial charge >= 0.3 is 0 Å². The summed E-state index contributed by atoms with van der Waals surface area (Å²) < 4.78 is 23.4. The molecule has 6 nitrogen and oxygen atoms in total. The highest BCUT2D eigenvalue weighted by Crippen LogP contribution is 2.31. The first-order valence-corrected chi connectivity index (χ1v) is 8.05. The van der Waals surface area contributed by atoms with Crippen molar-refractivity contribution in [3.8, 4) is 0 Å².